The molecule has 1 rings (SSSR count). The van der Waals surface area contributed by atoms with E-state index in [2.05, 4.69) is 0 Å². The summed E-state index contributed by atoms with van der Waals surface area (Å²) in [6, 6.07) is 5.19. The molecular formula is C11H13ClO4. The standard InChI is InChI=1S/C11H13ClO4/c1-14-9-4-3-5-10(11(9)15-2)16-7-8(13)6-12/h3-5H,6-7H2,1-2H3. The summed E-state index contributed by atoms with van der Waals surface area (Å²) >= 11 is 5.36. The van der Waals surface area contributed by atoms with Gasteiger partial charge in [0, 0.05) is 0 Å². The van der Waals surface area contributed by atoms with E-state index in [9.17, 15) is 4.79 Å². The molecule has 0 N–H and O–H groups in total. The molecule has 0 aliphatic carbocycles. The first-order chi connectivity index (χ1) is 7.72. The molecule has 0 aliphatic heterocycles. The molecule has 1 aromatic carbocycles. The summed E-state index contributed by atoms with van der Waals surface area (Å²) < 4.78 is 15.5. The fraction of sp³-hybridized carbons (Fsp3) is 0.364. The summed E-state index contributed by atoms with van der Waals surface area (Å²) in [4.78, 5) is 11.0. The molecule has 0 aliphatic rings. The minimum Gasteiger partial charge on any atom is -0.493 e. The van der Waals surface area contributed by atoms with E-state index in [0.29, 0.717) is 17.2 Å². The Hall–Kier alpha value is -1.42. The maximum Gasteiger partial charge on any atom is 0.203 e. The Bertz CT molecular complexity index is 365. The van der Waals surface area contributed by atoms with Gasteiger partial charge in [-0.2, -0.15) is 0 Å². The Balaban J connectivity index is 2.82. The third kappa shape index (κ3) is 3.03. The van der Waals surface area contributed by atoms with Gasteiger partial charge < -0.3 is 14.2 Å². The second kappa shape index (κ2) is 6.23. The van der Waals surface area contributed by atoms with E-state index in [1.807, 2.05) is 0 Å². The first kappa shape index (κ1) is 12.6. The van der Waals surface area contributed by atoms with E-state index in [0.717, 1.165) is 0 Å². The van der Waals surface area contributed by atoms with Crippen LogP contribution in [-0.2, 0) is 4.79 Å². The fourth-order valence-electron chi connectivity index (χ4n) is 1.17. The number of Topliss-reactive ketones (excluding diaryl/α,β-unsaturated/α-hetero) is 1. The number of benzene rings is 1. The molecule has 0 saturated heterocycles. The molecule has 88 valence electrons. The molecular weight excluding hydrogens is 232 g/mol. The van der Waals surface area contributed by atoms with Gasteiger partial charge in [0.2, 0.25) is 5.75 Å². The van der Waals surface area contributed by atoms with Gasteiger partial charge in [0.15, 0.2) is 17.3 Å². The first-order valence-electron chi connectivity index (χ1n) is 4.64. The number of ketones is 1. The van der Waals surface area contributed by atoms with Crippen LogP contribution in [0.4, 0.5) is 0 Å². The van der Waals surface area contributed by atoms with Crippen LogP contribution in [0.5, 0.6) is 17.2 Å². The second-order valence-corrected chi connectivity index (χ2v) is 3.22. The minimum absolute atomic E-state index is 0.0632. The largest absolute Gasteiger partial charge is 0.493 e. The molecule has 16 heavy (non-hydrogen) atoms. The zero-order valence-corrected chi connectivity index (χ0v) is 9.91. The van der Waals surface area contributed by atoms with Gasteiger partial charge in [0.05, 0.1) is 20.1 Å². The van der Waals surface area contributed by atoms with Crippen molar-refractivity contribution in [3.8, 4) is 17.2 Å². The Morgan fingerprint density at radius 1 is 1.25 bits per heavy atom. The van der Waals surface area contributed by atoms with E-state index < -0.39 is 0 Å². The fourth-order valence-corrected chi connectivity index (χ4v) is 1.25. The molecule has 0 unspecified atom stereocenters. The van der Waals surface area contributed by atoms with Crippen LogP contribution < -0.4 is 14.2 Å². The lowest BCUT2D eigenvalue weighted by molar-refractivity contribution is -0.118. The molecule has 0 bridgehead atoms. The number of hydrogen-bond acceptors (Lipinski definition) is 4. The van der Waals surface area contributed by atoms with Crippen molar-refractivity contribution in [1.82, 2.24) is 0 Å². The van der Waals surface area contributed by atoms with E-state index in [4.69, 9.17) is 25.8 Å². The summed E-state index contributed by atoms with van der Waals surface area (Å²) in [5.41, 5.74) is 0. The molecule has 0 heterocycles. The van der Waals surface area contributed by atoms with E-state index in [1.54, 1.807) is 18.2 Å². The van der Waals surface area contributed by atoms with Crippen LogP contribution in [0, 0.1) is 0 Å². The number of ether oxygens (including phenoxy) is 3. The predicted octanol–water partition coefficient (Wildman–Crippen LogP) is 1.89. The topological polar surface area (TPSA) is 44.8 Å². The summed E-state index contributed by atoms with van der Waals surface area (Å²) in [6.07, 6.45) is 0. The summed E-state index contributed by atoms with van der Waals surface area (Å²) in [5.74, 6) is 1.23. The number of halogens is 1. The monoisotopic (exact) mass is 244 g/mol. The third-order valence-electron chi connectivity index (χ3n) is 1.90. The van der Waals surface area contributed by atoms with Crippen molar-refractivity contribution in [2.75, 3.05) is 26.7 Å². The molecule has 0 atom stereocenters. The zero-order valence-electron chi connectivity index (χ0n) is 9.16. The number of para-hydroxylation sites is 1. The zero-order chi connectivity index (χ0) is 12.0. The van der Waals surface area contributed by atoms with Crippen LogP contribution in [0.1, 0.15) is 0 Å². The normalized spacial score (nSPS) is 9.69. The highest BCUT2D eigenvalue weighted by molar-refractivity contribution is 6.27. The van der Waals surface area contributed by atoms with Gasteiger partial charge in [-0.3, -0.25) is 4.79 Å². The highest BCUT2D eigenvalue weighted by atomic mass is 35.5. The van der Waals surface area contributed by atoms with Crippen molar-refractivity contribution in [2.24, 2.45) is 0 Å². The lowest BCUT2D eigenvalue weighted by atomic mass is 10.3. The van der Waals surface area contributed by atoms with Crippen molar-refractivity contribution in [3.05, 3.63) is 18.2 Å². The quantitative estimate of drug-likeness (QED) is 0.717. The summed E-state index contributed by atoms with van der Waals surface area (Å²) in [7, 11) is 3.04. The highest BCUT2D eigenvalue weighted by Gasteiger charge is 2.11. The Morgan fingerprint density at radius 3 is 2.50 bits per heavy atom. The van der Waals surface area contributed by atoms with Gasteiger partial charge in [0.1, 0.15) is 6.61 Å². The Labute approximate surface area is 99.1 Å². The predicted molar refractivity (Wildman–Crippen MR) is 60.8 cm³/mol. The van der Waals surface area contributed by atoms with Crippen molar-refractivity contribution in [3.63, 3.8) is 0 Å². The number of carbonyl (C=O) groups excluding carboxylic acids is 1. The Kier molecular flexibility index (Phi) is 4.92. The number of methoxy groups -OCH3 is 2. The van der Waals surface area contributed by atoms with Gasteiger partial charge in [-0.05, 0) is 12.1 Å². The smallest absolute Gasteiger partial charge is 0.203 e. The van der Waals surface area contributed by atoms with Gasteiger partial charge in [-0.15, -0.1) is 11.6 Å². The first-order valence-corrected chi connectivity index (χ1v) is 5.17. The maximum absolute atomic E-state index is 11.0. The van der Waals surface area contributed by atoms with Crippen molar-refractivity contribution in [2.45, 2.75) is 0 Å². The number of rotatable bonds is 6. The molecule has 0 aromatic heterocycles. The van der Waals surface area contributed by atoms with Crippen molar-refractivity contribution < 1.29 is 19.0 Å². The van der Waals surface area contributed by atoms with Crippen LogP contribution in [0.15, 0.2) is 18.2 Å². The Morgan fingerprint density at radius 2 is 1.94 bits per heavy atom. The molecule has 0 amide bonds. The lowest BCUT2D eigenvalue weighted by Crippen LogP contribution is -2.12. The van der Waals surface area contributed by atoms with Crippen LogP contribution in [0.25, 0.3) is 0 Å². The van der Waals surface area contributed by atoms with Gasteiger partial charge in [-0.25, -0.2) is 0 Å². The van der Waals surface area contributed by atoms with Crippen LogP contribution in [-0.4, -0.2) is 32.5 Å². The second-order valence-electron chi connectivity index (χ2n) is 2.95. The van der Waals surface area contributed by atoms with Crippen LogP contribution in [0.3, 0.4) is 0 Å². The molecule has 1 aromatic rings. The van der Waals surface area contributed by atoms with E-state index in [-0.39, 0.29) is 18.3 Å². The SMILES string of the molecule is COc1cccc(OCC(=O)CCl)c1OC. The van der Waals surface area contributed by atoms with Crippen molar-refractivity contribution in [1.29, 1.82) is 0 Å². The van der Waals surface area contributed by atoms with Gasteiger partial charge in [-0.1, -0.05) is 6.07 Å². The third-order valence-corrected chi connectivity index (χ3v) is 2.20. The summed E-state index contributed by atoms with van der Waals surface area (Å²) in [6.45, 7) is -0.0764. The molecule has 4 nitrogen and oxygen atoms in total. The highest BCUT2D eigenvalue weighted by Crippen LogP contribution is 2.36. The van der Waals surface area contributed by atoms with E-state index in [1.165, 1.54) is 14.2 Å². The van der Waals surface area contributed by atoms with E-state index >= 15 is 0 Å². The van der Waals surface area contributed by atoms with Crippen molar-refractivity contribution >= 4 is 17.4 Å². The number of hydrogen-bond donors (Lipinski definition) is 0. The minimum atomic E-state index is -0.188. The van der Waals surface area contributed by atoms with Crippen LogP contribution >= 0.6 is 11.6 Å². The molecule has 0 fully saturated rings. The van der Waals surface area contributed by atoms with Gasteiger partial charge >= 0.3 is 0 Å². The maximum atomic E-state index is 11.0. The molecule has 5 heteroatoms. The summed E-state index contributed by atoms with van der Waals surface area (Å²) in [5, 5.41) is 0. The number of carbonyl (C=O) groups is 1. The van der Waals surface area contributed by atoms with Gasteiger partial charge in [0.25, 0.3) is 0 Å². The average molecular weight is 245 g/mol. The molecule has 0 saturated carbocycles. The lowest BCUT2D eigenvalue weighted by Gasteiger charge is -2.12. The van der Waals surface area contributed by atoms with Crippen LogP contribution in [0.2, 0.25) is 0 Å². The number of alkyl halides is 1. The molecule has 0 radical (unpaired) electrons. The average Bonchev–Trinajstić information content (AvgIpc) is 2.34. The molecule has 0 spiro atoms.